The zero-order valence-corrected chi connectivity index (χ0v) is 9.16. The molecule has 2 rings (SSSR count). The smallest absolute Gasteiger partial charge is 0.352 e. The molecule has 0 amide bonds. The van der Waals surface area contributed by atoms with Crippen LogP contribution in [0.4, 0.5) is 0 Å². The van der Waals surface area contributed by atoms with E-state index in [1.165, 1.54) is 0 Å². The van der Waals surface area contributed by atoms with E-state index in [-0.39, 0.29) is 11.4 Å². The zero-order chi connectivity index (χ0) is 11.9. The molecule has 1 aromatic heterocycles. The highest BCUT2D eigenvalue weighted by atomic mass is 16.4. The number of phenols is 1. The molecule has 3 N–H and O–H groups in total. The Hall–Kier alpha value is -1.97. The Kier molecular flexibility index (Phi) is 2.34. The van der Waals surface area contributed by atoms with E-state index in [2.05, 4.69) is 4.98 Å². The molecular weight excluding hydrogens is 206 g/mol. The lowest BCUT2D eigenvalue weighted by Crippen LogP contribution is -2.00. The first-order valence-corrected chi connectivity index (χ1v) is 5.12. The molecule has 4 nitrogen and oxygen atoms in total. The average Bonchev–Trinajstić information content (AvgIpc) is 2.57. The van der Waals surface area contributed by atoms with Crippen molar-refractivity contribution in [3.8, 4) is 5.75 Å². The molecule has 1 aromatic carbocycles. The number of benzene rings is 1. The summed E-state index contributed by atoms with van der Waals surface area (Å²) in [6.07, 6.45) is 0.615. The first-order valence-electron chi connectivity index (χ1n) is 5.12. The summed E-state index contributed by atoms with van der Waals surface area (Å²) in [5.74, 6) is -0.775. The van der Waals surface area contributed by atoms with Gasteiger partial charge in [0.25, 0.3) is 0 Å². The minimum atomic E-state index is -0.967. The van der Waals surface area contributed by atoms with E-state index >= 15 is 0 Å². The lowest BCUT2D eigenvalue weighted by atomic mass is 10.1. The number of carboxylic acids is 1. The maximum Gasteiger partial charge on any atom is 0.352 e. The number of aromatic nitrogens is 1. The fourth-order valence-electron chi connectivity index (χ4n) is 1.94. The van der Waals surface area contributed by atoms with Gasteiger partial charge in [0.05, 0.1) is 0 Å². The van der Waals surface area contributed by atoms with Crippen LogP contribution in [0.1, 0.15) is 28.5 Å². The predicted molar refractivity (Wildman–Crippen MR) is 61.0 cm³/mol. The Morgan fingerprint density at radius 3 is 2.69 bits per heavy atom. The Bertz CT molecular complexity index is 569. The third-order valence-electron chi connectivity index (χ3n) is 2.79. The quantitative estimate of drug-likeness (QED) is 0.726. The van der Waals surface area contributed by atoms with Gasteiger partial charge < -0.3 is 15.2 Å². The van der Waals surface area contributed by atoms with Crippen molar-refractivity contribution in [2.45, 2.75) is 20.3 Å². The Morgan fingerprint density at radius 2 is 2.12 bits per heavy atom. The highest BCUT2D eigenvalue weighted by Gasteiger charge is 2.16. The third kappa shape index (κ3) is 1.43. The van der Waals surface area contributed by atoms with Crippen molar-refractivity contribution < 1.29 is 15.0 Å². The van der Waals surface area contributed by atoms with Crippen LogP contribution in [0.3, 0.4) is 0 Å². The molecule has 1 heterocycles. The molecule has 0 saturated heterocycles. The second-order valence-corrected chi connectivity index (χ2v) is 3.82. The van der Waals surface area contributed by atoms with Crippen molar-refractivity contribution >= 4 is 16.9 Å². The van der Waals surface area contributed by atoms with E-state index in [0.29, 0.717) is 6.42 Å². The van der Waals surface area contributed by atoms with Crippen LogP contribution in [0.5, 0.6) is 5.75 Å². The summed E-state index contributed by atoms with van der Waals surface area (Å²) in [5.41, 5.74) is 2.43. The van der Waals surface area contributed by atoms with Gasteiger partial charge in [0.2, 0.25) is 0 Å². The van der Waals surface area contributed by atoms with Gasteiger partial charge in [-0.25, -0.2) is 4.79 Å². The van der Waals surface area contributed by atoms with Crippen molar-refractivity contribution in [3.63, 3.8) is 0 Å². The Labute approximate surface area is 92.5 Å². The van der Waals surface area contributed by atoms with E-state index in [4.69, 9.17) is 5.11 Å². The average molecular weight is 219 g/mol. The summed E-state index contributed by atoms with van der Waals surface area (Å²) in [7, 11) is 0. The number of fused-ring (bicyclic) bond motifs is 1. The summed E-state index contributed by atoms with van der Waals surface area (Å²) < 4.78 is 0. The minimum Gasteiger partial charge on any atom is -0.508 e. The second kappa shape index (κ2) is 3.56. The topological polar surface area (TPSA) is 73.3 Å². The molecule has 0 aliphatic heterocycles. The number of aromatic hydroxyl groups is 1. The number of phenolic OH excluding ortho intramolecular Hbond substituents is 1. The molecule has 16 heavy (non-hydrogen) atoms. The summed E-state index contributed by atoms with van der Waals surface area (Å²) in [4.78, 5) is 13.9. The number of aryl methyl sites for hydroxylation is 2. The number of carbonyl (C=O) groups is 1. The number of H-pyrrole nitrogens is 1. The van der Waals surface area contributed by atoms with E-state index < -0.39 is 5.97 Å². The molecule has 4 heteroatoms. The monoisotopic (exact) mass is 219 g/mol. The molecule has 0 aliphatic rings. The van der Waals surface area contributed by atoms with E-state index in [1.807, 2.05) is 6.92 Å². The van der Waals surface area contributed by atoms with E-state index in [1.54, 1.807) is 19.1 Å². The summed E-state index contributed by atoms with van der Waals surface area (Å²) in [5, 5.41) is 19.4. The van der Waals surface area contributed by atoms with Gasteiger partial charge in [-0.3, -0.25) is 0 Å². The fraction of sp³-hybridized carbons (Fsp3) is 0.250. The van der Waals surface area contributed by atoms with Crippen molar-refractivity contribution in [3.05, 3.63) is 29.0 Å². The molecule has 2 aromatic rings. The molecular formula is C12H13NO3. The van der Waals surface area contributed by atoms with Crippen molar-refractivity contribution in [1.82, 2.24) is 4.98 Å². The van der Waals surface area contributed by atoms with Gasteiger partial charge in [-0.2, -0.15) is 0 Å². The number of nitrogens with one attached hydrogen (secondary N) is 1. The van der Waals surface area contributed by atoms with Crippen LogP contribution in [0.2, 0.25) is 0 Å². The highest BCUT2D eigenvalue weighted by Crippen LogP contribution is 2.29. The van der Waals surface area contributed by atoms with Crippen LogP contribution in [-0.4, -0.2) is 21.2 Å². The number of hydrogen-bond donors (Lipinski definition) is 3. The number of rotatable bonds is 2. The molecule has 0 saturated carbocycles. The van der Waals surface area contributed by atoms with Crippen LogP contribution >= 0.6 is 0 Å². The predicted octanol–water partition coefficient (Wildman–Crippen LogP) is 2.44. The third-order valence-corrected chi connectivity index (χ3v) is 2.79. The minimum absolute atomic E-state index is 0.193. The number of aromatic carboxylic acids is 1. The highest BCUT2D eigenvalue weighted by molar-refractivity contribution is 5.98. The first kappa shape index (κ1) is 10.5. The summed E-state index contributed by atoms with van der Waals surface area (Å²) >= 11 is 0. The van der Waals surface area contributed by atoms with Crippen LogP contribution in [0.15, 0.2) is 12.1 Å². The lowest BCUT2D eigenvalue weighted by Gasteiger charge is -1.99. The molecule has 0 bridgehead atoms. The normalized spacial score (nSPS) is 10.9. The van der Waals surface area contributed by atoms with Crippen molar-refractivity contribution in [1.29, 1.82) is 0 Å². The molecule has 84 valence electrons. The maximum absolute atomic E-state index is 11.0. The van der Waals surface area contributed by atoms with Gasteiger partial charge in [-0.15, -0.1) is 0 Å². The van der Waals surface area contributed by atoms with Crippen LogP contribution in [-0.2, 0) is 6.42 Å². The standard InChI is InChI=1S/C12H13NO3/c1-3-7-8-5-10(14)6(2)4-9(8)13-11(7)12(15)16/h4-5,13-14H,3H2,1-2H3,(H,15,16). The zero-order valence-electron chi connectivity index (χ0n) is 9.16. The SMILES string of the molecule is CCc1c(C(=O)O)[nH]c2cc(C)c(O)cc12. The van der Waals surface area contributed by atoms with E-state index in [0.717, 1.165) is 22.0 Å². The molecule has 0 fully saturated rings. The largest absolute Gasteiger partial charge is 0.508 e. The van der Waals surface area contributed by atoms with Crippen molar-refractivity contribution in [2.75, 3.05) is 0 Å². The van der Waals surface area contributed by atoms with Gasteiger partial charge in [0.1, 0.15) is 11.4 Å². The molecule has 0 atom stereocenters. The van der Waals surface area contributed by atoms with E-state index in [9.17, 15) is 9.90 Å². The molecule has 0 aliphatic carbocycles. The fourth-order valence-corrected chi connectivity index (χ4v) is 1.94. The summed E-state index contributed by atoms with van der Waals surface area (Å²) in [6.45, 7) is 3.67. The Morgan fingerprint density at radius 1 is 1.44 bits per heavy atom. The maximum atomic E-state index is 11.0. The number of aromatic amines is 1. The van der Waals surface area contributed by atoms with Crippen LogP contribution in [0, 0.1) is 6.92 Å². The number of carboxylic acid groups (broad SMARTS) is 1. The van der Waals surface area contributed by atoms with Crippen LogP contribution in [0.25, 0.3) is 10.9 Å². The molecule has 0 radical (unpaired) electrons. The first-order chi connectivity index (χ1) is 7.54. The van der Waals surface area contributed by atoms with Gasteiger partial charge >= 0.3 is 5.97 Å². The van der Waals surface area contributed by atoms with Crippen molar-refractivity contribution in [2.24, 2.45) is 0 Å². The van der Waals surface area contributed by atoms with Crippen LogP contribution < -0.4 is 0 Å². The Balaban J connectivity index is 2.82. The number of hydrogen-bond acceptors (Lipinski definition) is 2. The summed E-state index contributed by atoms with van der Waals surface area (Å²) in [6, 6.07) is 3.38. The van der Waals surface area contributed by atoms with Gasteiger partial charge in [-0.1, -0.05) is 6.92 Å². The molecule has 0 spiro atoms. The lowest BCUT2D eigenvalue weighted by molar-refractivity contribution is 0.0690. The van der Waals surface area contributed by atoms with Gasteiger partial charge in [-0.05, 0) is 36.6 Å². The second-order valence-electron chi connectivity index (χ2n) is 3.82. The molecule has 0 unspecified atom stereocenters. The van der Waals surface area contributed by atoms with Gasteiger partial charge in [0.15, 0.2) is 0 Å². The van der Waals surface area contributed by atoms with Gasteiger partial charge in [0, 0.05) is 10.9 Å².